The third kappa shape index (κ3) is 2.44. The number of fused-ring (bicyclic) bond motifs is 1. The number of aromatic nitrogens is 1. The van der Waals surface area contributed by atoms with E-state index in [1.165, 1.54) is 7.11 Å². The highest BCUT2D eigenvalue weighted by molar-refractivity contribution is 9.10. The first kappa shape index (κ1) is 14.5. The summed E-state index contributed by atoms with van der Waals surface area (Å²) in [5.41, 5.74) is 2.28. The molecule has 110 valence electrons. The maximum Gasteiger partial charge on any atom is 0.339 e. The first-order valence-electron chi connectivity index (χ1n) is 6.60. The van der Waals surface area contributed by atoms with E-state index in [2.05, 4.69) is 15.9 Å². The number of benzene rings is 1. The number of hydrogen-bond donors (Lipinski definition) is 0. The molecule has 0 unspecified atom stereocenters. The fraction of sp³-hybridized carbons (Fsp3) is 0.0588. The van der Waals surface area contributed by atoms with E-state index in [4.69, 9.17) is 4.74 Å². The van der Waals surface area contributed by atoms with Gasteiger partial charge in [0.15, 0.2) is 0 Å². The lowest BCUT2D eigenvalue weighted by Gasteiger charge is -2.05. The summed E-state index contributed by atoms with van der Waals surface area (Å²) >= 11 is 3.45. The molecule has 0 fully saturated rings. The van der Waals surface area contributed by atoms with Crippen molar-refractivity contribution in [3.63, 3.8) is 0 Å². The molecule has 0 N–H and O–H groups in total. The van der Waals surface area contributed by atoms with Gasteiger partial charge in [-0.2, -0.15) is 0 Å². The van der Waals surface area contributed by atoms with E-state index >= 15 is 0 Å². The summed E-state index contributed by atoms with van der Waals surface area (Å²) in [4.78, 5) is 24.3. The van der Waals surface area contributed by atoms with Crippen LogP contribution in [-0.4, -0.2) is 23.3 Å². The van der Waals surface area contributed by atoms with Crippen LogP contribution in [0, 0.1) is 0 Å². The second-order valence-electron chi connectivity index (χ2n) is 4.74. The van der Waals surface area contributed by atoms with Crippen LogP contribution in [0.15, 0.2) is 59.2 Å². The number of nitrogens with zero attached hydrogens (tertiary/aromatic N) is 1. The van der Waals surface area contributed by atoms with Crippen LogP contribution in [0.1, 0.15) is 26.4 Å². The molecule has 0 saturated heterocycles. The highest BCUT2D eigenvalue weighted by atomic mass is 79.9. The van der Waals surface area contributed by atoms with Crippen LogP contribution in [0.25, 0.3) is 5.52 Å². The molecule has 22 heavy (non-hydrogen) atoms. The molecule has 0 aliphatic carbocycles. The second kappa shape index (κ2) is 5.77. The molecular formula is C17H12BrNO3. The molecular weight excluding hydrogens is 346 g/mol. The van der Waals surface area contributed by atoms with Gasteiger partial charge in [-0.05, 0) is 34.1 Å². The van der Waals surface area contributed by atoms with Gasteiger partial charge >= 0.3 is 5.97 Å². The van der Waals surface area contributed by atoms with E-state index in [0.29, 0.717) is 16.8 Å². The fourth-order valence-electron chi connectivity index (χ4n) is 2.31. The molecule has 0 saturated carbocycles. The van der Waals surface area contributed by atoms with Crippen molar-refractivity contribution in [2.24, 2.45) is 0 Å². The smallest absolute Gasteiger partial charge is 0.339 e. The molecule has 0 radical (unpaired) electrons. The molecule has 3 aromatic rings. The molecule has 2 aromatic heterocycles. The first-order chi connectivity index (χ1) is 10.6. The molecule has 2 heterocycles. The lowest BCUT2D eigenvalue weighted by Crippen LogP contribution is -2.07. The average Bonchev–Trinajstić information content (AvgIpc) is 2.90. The Morgan fingerprint density at radius 1 is 1.05 bits per heavy atom. The molecule has 0 aliphatic rings. The van der Waals surface area contributed by atoms with Gasteiger partial charge in [0.05, 0.1) is 23.9 Å². The van der Waals surface area contributed by atoms with Gasteiger partial charge in [0.2, 0.25) is 5.78 Å². The van der Waals surface area contributed by atoms with Crippen molar-refractivity contribution in [2.45, 2.75) is 0 Å². The predicted molar refractivity (Wildman–Crippen MR) is 86.3 cm³/mol. The number of ketones is 1. The molecule has 0 aliphatic heterocycles. The molecule has 0 spiro atoms. The van der Waals surface area contributed by atoms with Crippen molar-refractivity contribution >= 4 is 33.2 Å². The van der Waals surface area contributed by atoms with Crippen molar-refractivity contribution in [3.8, 4) is 0 Å². The van der Waals surface area contributed by atoms with E-state index in [0.717, 1.165) is 9.99 Å². The molecule has 0 bridgehead atoms. The lowest BCUT2D eigenvalue weighted by molar-refractivity contribution is 0.0600. The van der Waals surface area contributed by atoms with Gasteiger partial charge in [0.1, 0.15) is 0 Å². The minimum Gasteiger partial charge on any atom is -0.465 e. The zero-order valence-corrected chi connectivity index (χ0v) is 13.3. The van der Waals surface area contributed by atoms with E-state index in [1.54, 1.807) is 40.9 Å². The SMILES string of the molecule is COC(=O)c1ccc2c(Br)cc(C(=O)c3ccccc3)n2c1. The summed E-state index contributed by atoms with van der Waals surface area (Å²) in [5, 5.41) is 0. The van der Waals surface area contributed by atoms with Gasteiger partial charge in [-0.3, -0.25) is 4.79 Å². The van der Waals surface area contributed by atoms with Crippen molar-refractivity contribution in [3.05, 3.63) is 76.0 Å². The number of methoxy groups -OCH3 is 1. The van der Waals surface area contributed by atoms with Crippen LogP contribution < -0.4 is 0 Å². The molecule has 0 atom stereocenters. The standard InChI is InChI=1S/C17H12BrNO3/c1-22-17(21)12-7-8-14-13(18)9-15(19(14)10-12)16(20)11-5-3-2-4-6-11/h2-10H,1H3. The third-order valence-electron chi connectivity index (χ3n) is 3.41. The van der Waals surface area contributed by atoms with Gasteiger partial charge in [-0.1, -0.05) is 30.3 Å². The number of carbonyl (C=O) groups is 2. The van der Waals surface area contributed by atoms with Gasteiger partial charge in [-0.25, -0.2) is 4.79 Å². The Morgan fingerprint density at radius 3 is 2.45 bits per heavy atom. The van der Waals surface area contributed by atoms with Gasteiger partial charge < -0.3 is 9.14 Å². The predicted octanol–water partition coefficient (Wildman–Crippen LogP) is 3.72. The van der Waals surface area contributed by atoms with Gasteiger partial charge in [-0.15, -0.1) is 0 Å². The number of carbonyl (C=O) groups excluding carboxylic acids is 2. The average molecular weight is 358 g/mol. The van der Waals surface area contributed by atoms with Gasteiger partial charge in [0, 0.05) is 16.2 Å². The molecule has 3 rings (SSSR count). The summed E-state index contributed by atoms with van der Waals surface area (Å²) in [6.07, 6.45) is 1.61. The number of esters is 1. The van der Waals surface area contributed by atoms with Crippen molar-refractivity contribution in [1.82, 2.24) is 4.40 Å². The number of rotatable bonds is 3. The molecule has 0 amide bonds. The number of pyridine rings is 1. The van der Waals surface area contributed by atoms with Gasteiger partial charge in [0.25, 0.3) is 0 Å². The Labute approximate surface area is 135 Å². The summed E-state index contributed by atoms with van der Waals surface area (Å²) in [7, 11) is 1.33. The Morgan fingerprint density at radius 2 is 1.77 bits per heavy atom. The molecule has 5 heteroatoms. The monoisotopic (exact) mass is 357 g/mol. The quantitative estimate of drug-likeness (QED) is 0.530. The fourth-order valence-corrected chi connectivity index (χ4v) is 2.85. The Hall–Kier alpha value is -2.40. The summed E-state index contributed by atoms with van der Waals surface area (Å²) in [5.74, 6) is -0.548. The van der Waals surface area contributed by atoms with Crippen LogP contribution in [0.4, 0.5) is 0 Å². The molecule has 4 nitrogen and oxygen atoms in total. The second-order valence-corrected chi connectivity index (χ2v) is 5.59. The summed E-state index contributed by atoms with van der Waals surface area (Å²) in [6.45, 7) is 0. The van der Waals surface area contributed by atoms with Crippen molar-refractivity contribution in [1.29, 1.82) is 0 Å². The number of halogens is 1. The highest BCUT2D eigenvalue weighted by Crippen LogP contribution is 2.25. The Balaban J connectivity index is 2.17. The van der Waals surface area contributed by atoms with Crippen molar-refractivity contribution < 1.29 is 14.3 Å². The minimum absolute atomic E-state index is 0.108. The van der Waals surface area contributed by atoms with Crippen molar-refractivity contribution in [2.75, 3.05) is 7.11 Å². The Kier molecular flexibility index (Phi) is 3.81. The highest BCUT2D eigenvalue weighted by Gasteiger charge is 2.17. The van der Waals surface area contributed by atoms with Crippen LogP contribution in [0.5, 0.6) is 0 Å². The van der Waals surface area contributed by atoms with E-state index in [-0.39, 0.29) is 5.78 Å². The largest absolute Gasteiger partial charge is 0.465 e. The maximum atomic E-state index is 12.7. The minimum atomic E-state index is -0.440. The summed E-state index contributed by atoms with van der Waals surface area (Å²) < 4.78 is 7.22. The van der Waals surface area contributed by atoms with E-state index < -0.39 is 5.97 Å². The summed E-state index contributed by atoms with van der Waals surface area (Å²) in [6, 6.07) is 14.2. The number of hydrogen-bond acceptors (Lipinski definition) is 3. The topological polar surface area (TPSA) is 47.8 Å². The number of ether oxygens (including phenoxy) is 1. The maximum absolute atomic E-state index is 12.7. The normalized spacial score (nSPS) is 10.6. The first-order valence-corrected chi connectivity index (χ1v) is 7.40. The zero-order chi connectivity index (χ0) is 15.7. The van der Waals surface area contributed by atoms with Crippen LogP contribution in [0.2, 0.25) is 0 Å². The van der Waals surface area contributed by atoms with Crippen LogP contribution >= 0.6 is 15.9 Å². The zero-order valence-electron chi connectivity index (χ0n) is 11.7. The van der Waals surface area contributed by atoms with E-state index in [9.17, 15) is 9.59 Å². The third-order valence-corrected chi connectivity index (χ3v) is 4.04. The molecule has 1 aromatic carbocycles. The van der Waals surface area contributed by atoms with E-state index in [1.807, 2.05) is 18.2 Å². The van der Waals surface area contributed by atoms with Crippen LogP contribution in [-0.2, 0) is 4.74 Å². The Bertz CT molecular complexity index is 868. The van der Waals surface area contributed by atoms with Crippen LogP contribution in [0.3, 0.4) is 0 Å². The lowest BCUT2D eigenvalue weighted by atomic mass is 10.1.